The smallest absolute Gasteiger partial charge is 0.0619 e. The van der Waals surface area contributed by atoms with E-state index in [1.165, 1.54) is 55.6 Å². The van der Waals surface area contributed by atoms with Gasteiger partial charge in [0, 0.05) is 0 Å². The molecule has 2 aliphatic carbocycles. The van der Waals surface area contributed by atoms with Gasteiger partial charge in [0.15, 0.2) is 0 Å². The van der Waals surface area contributed by atoms with Gasteiger partial charge in [-0.1, -0.05) is 84.9 Å². The summed E-state index contributed by atoms with van der Waals surface area (Å²) < 4.78 is 0. The monoisotopic (exact) mass is 344 g/mol. The van der Waals surface area contributed by atoms with E-state index in [0.29, 0.717) is 0 Å². The molecule has 2 aliphatic rings. The van der Waals surface area contributed by atoms with Crippen molar-refractivity contribution in [3.05, 3.63) is 118 Å². The van der Waals surface area contributed by atoms with Gasteiger partial charge < -0.3 is 0 Å². The molecule has 0 saturated carbocycles. The molecule has 4 aromatic rings. The van der Waals surface area contributed by atoms with Gasteiger partial charge in [0.2, 0.25) is 0 Å². The molecule has 0 N–H and O–H groups in total. The molecule has 0 aromatic heterocycles. The van der Waals surface area contributed by atoms with Gasteiger partial charge in [0.25, 0.3) is 0 Å². The number of rotatable bonds is 0. The van der Waals surface area contributed by atoms with Crippen LogP contribution in [0.2, 0.25) is 0 Å². The van der Waals surface area contributed by atoms with E-state index >= 15 is 0 Å². The van der Waals surface area contributed by atoms with Gasteiger partial charge in [0.05, 0.1) is 5.41 Å². The van der Waals surface area contributed by atoms with Crippen molar-refractivity contribution in [2.75, 3.05) is 0 Å². The zero-order valence-corrected chi connectivity index (χ0v) is 15.6. The summed E-state index contributed by atoms with van der Waals surface area (Å²) in [4.78, 5) is 0. The lowest BCUT2D eigenvalue weighted by molar-refractivity contribution is 0.786. The average Bonchev–Trinajstić information content (AvgIpc) is 3.17. The molecule has 1 unspecified atom stereocenters. The van der Waals surface area contributed by atoms with E-state index in [-0.39, 0.29) is 5.41 Å². The Labute approximate surface area is 160 Å². The summed E-state index contributed by atoms with van der Waals surface area (Å²) in [6.45, 7) is 4.51. The molecule has 0 amide bonds. The molecule has 6 rings (SSSR count). The van der Waals surface area contributed by atoms with E-state index < -0.39 is 0 Å². The molecule has 1 spiro atoms. The highest BCUT2D eigenvalue weighted by atomic mass is 14.5. The van der Waals surface area contributed by atoms with Gasteiger partial charge in [-0.25, -0.2) is 0 Å². The number of hydrogen-bond acceptors (Lipinski definition) is 0. The molecule has 0 aliphatic heterocycles. The fraction of sp³-hybridized carbons (Fsp3) is 0.111. The van der Waals surface area contributed by atoms with E-state index in [4.69, 9.17) is 0 Å². The molecule has 0 fully saturated rings. The highest BCUT2D eigenvalue weighted by molar-refractivity contribution is 5.96. The molecule has 0 nitrogen and oxygen atoms in total. The van der Waals surface area contributed by atoms with Crippen LogP contribution in [0.15, 0.2) is 84.9 Å². The van der Waals surface area contributed by atoms with Crippen molar-refractivity contribution in [2.45, 2.75) is 19.3 Å². The van der Waals surface area contributed by atoms with Gasteiger partial charge >= 0.3 is 0 Å². The summed E-state index contributed by atoms with van der Waals surface area (Å²) in [5.74, 6) is 0. The zero-order chi connectivity index (χ0) is 18.2. The van der Waals surface area contributed by atoms with Gasteiger partial charge in [-0.3, -0.25) is 0 Å². The van der Waals surface area contributed by atoms with E-state index in [2.05, 4.69) is 98.8 Å². The minimum atomic E-state index is -0.199. The molecule has 4 aromatic carbocycles. The van der Waals surface area contributed by atoms with Crippen LogP contribution in [0.1, 0.15) is 33.4 Å². The molecule has 0 saturated heterocycles. The molecular formula is C27H20. The standard InChI is InChI=1S/C27H20/c1-17-9-8-16-24-25(17)21-12-4-6-15-23(21)27(24)22-14-5-3-11-19(22)20-13-7-10-18(2)26(20)27/h3-16H,1-2H3. The number of aryl methyl sites for hydroxylation is 2. The van der Waals surface area contributed by atoms with Gasteiger partial charge in [-0.15, -0.1) is 0 Å². The maximum Gasteiger partial charge on any atom is 0.0728 e. The Balaban J connectivity index is 1.91. The second kappa shape index (κ2) is 4.98. The van der Waals surface area contributed by atoms with E-state index in [0.717, 1.165) is 0 Å². The molecule has 1 atom stereocenters. The number of fused-ring (bicyclic) bond motifs is 10. The van der Waals surface area contributed by atoms with Crippen LogP contribution in [-0.4, -0.2) is 0 Å². The van der Waals surface area contributed by atoms with Crippen LogP contribution >= 0.6 is 0 Å². The third-order valence-electron chi connectivity index (χ3n) is 6.55. The van der Waals surface area contributed by atoms with Crippen molar-refractivity contribution in [1.82, 2.24) is 0 Å². The largest absolute Gasteiger partial charge is 0.0728 e. The SMILES string of the molecule is Cc1cccc2c1-c1ccccc1C21c2ccccc2-c2cccc(C)c21. The minimum Gasteiger partial charge on any atom is -0.0619 e. The van der Waals surface area contributed by atoms with Crippen LogP contribution in [0.4, 0.5) is 0 Å². The zero-order valence-electron chi connectivity index (χ0n) is 15.6. The van der Waals surface area contributed by atoms with Crippen molar-refractivity contribution < 1.29 is 0 Å². The predicted molar refractivity (Wildman–Crippen MR) is 112 cm³/mol. The second-order valence-corrected chi connectivity index (χ2v) is 7.84. The van der Waals surface area contributed by atoms with Crippen LogP contribution < -0.4 is 0 Å². The second-order valence-electron chi connectivity index (χ2n) is 7.84. The van der Waals surface area contributed by atoms with Crippen LogP contribution in [0.25, 0.3) is 22.3 Å². The Kier molecular flexibility index (Phi) is 2.77. The quantitative estimate of drug-likeness (QED) is 0.289. The van der Waals surface area contributed by atoms with Crippen molar-refractivity contribution in [3.63, 3.8) is 0 Å². The highest BCUT2D eigenvalue weighted by Gasteiger charge is 2.52. The van der Waals surface area contributed by atoms with E-state index in [1.807, 2.05) is 0 Å². The van der Waals surface area contributed by atoms with Gasteiger partial charge in [0.1, 0.15) is 0 Å². The average molecular weight is 344 g/mol. The third kappa shape index (κ3) is 1.60. The lowest BCUT2D eigenvalue weighted by atomic mass is 9.69. The molecule has 0 heterocycles. The molecule has 27 heavy (non-hydrogen) atoms. The predicted octanol–water partition coefficient (Wildman–Crippen LogP) is 6.65. The lowest BCUT2D eigenvalue weighted by Crippen LogP contribution is -2.26. The molecular weight excluding hydrogens is 324 g/mol. The highest BCUT2D eigenvalue weighted by Crippen LogP contribution is 2.63. The molecule has 0 radical (unpaired) electrons. The fourth-order valence-electron chi connectivity index (χ4n) is 5.64. The van der Waals surface area contributed by atoms with Crippen LogP contribution in [-0.2, 0) is 5.41 Å². The maximum absolute atomic E-state index is 2.35. The Morgan fingerprint density at radius 2 is 1.04 bits per heavy atom. The first kappa shape index (κ1) is 15.0. The first-order valence-electron chi connectivity index (χ1n) is 9.64. The third-order valence-corrected chi connectivity index (χ3v) is 6.55. The summed E-state index contributed by atoms with van der Waals surface area (Å²) in [5.41, 5.74) is 13.8. The maximum atomic E-state index is 2.35. The summed E-state index contributed by atoms with van der Waals surface area (Å²) in [6, 6.07) is 31.6. The fourth-order valence-corrected chi connectivity index (χ4v) is 5.64. The Morgan fingerprint density at radius 1 is 0.481 bits per heavy atom. The van der Waals surface area contributed by atoms with Crippen molar-refractivity contribution in [3.8, 4) is 22.3 Å². The lowest BCUT2D eigenvalue weighted by Gasteiger charge is -2.31. The van der Waals surface area contributed by atoms with Crippen LogP contribution in [0.5, 0.6) is 0 Å². The number of benzene rings is 4. The Morgan fingerprint density at radius 3 is 1.85 bits per heavy atom. The first-order valence-corrected chi connectivity index (χ1v) is 9.64. The molecule has 0 bridgehead atoms. The van der Waals surface area contributed by atoms with Crippen molar-refractivity contribution in [1.29, 1.82) is 0 Å². The van der Waals surface area contributed by atoms with Crippen molar-refractivity contribution >= 4 is 0 Å². The normalized spacial score (nSPS) is 18.1. The Bertz CT molecular complexity index is 1240. The summed E-state index contributed by atoms with van der Waals surface area (Å²) in [5, 5.41) is 0. The minimum absolute atomic E-state index is 0.199. The van der Waals surface area contributed by atoms with E-state index in [9.17, 15) is 0 Å². The van der Waals surface area contributed by atoms with E-state index in [1.54, 1.807) is 0 Å². The van der Waals surface area contributed by atoms with Crippen LogP contribution in [0, 0.1) is 13.8 Å². The number of hydrogen-bond donors (Lipinski definition) is 0. The van der Waals surface area contributed by atoms with Gasteiger partial charge in [-0.2, -0.15) is 0 Å². The van der Waals surface area contributed by atoms with Crippen molar-refractivity contribution in [2.24, 2.45) is 0 Å². The van der Waals surface area contributed by atoms with Crippen LogP contribution in [0.3, 0.4) is 0 Å². The summed E-state index contributed by atoms with van der Waals surface area (Å²) >= 11 is 0. The topological polar surface area (TPSA) is 0 Å². The van der Waals surface area contributed by atoms with Gasteiger partial charge in [-0.05, 0) is 69.5 Å². The first-order chi connectivity index (χ1) is 13.2. The molecule has 128 valence electrons. The summed E-state index contributed by atoms with van der Waals surface area (Å²) in [6.07, 6.45) is 0. The Hall–Kier alpha value is -3.12. The molecule has 0 heteroatoms. The summed E-state index contributed by atoms with van der Waals surface area (Å²) in [7, 11) is 0.